The lowest BCUT2D eigenvalue weighted by molar-refractivity contribution is 0.999. The Morgan fingerprint density at radius 3 is 2.55 bits per heavy atom. The van der Waals surface area contributed by atoms with E-state index in [4.69, 9.17) is 11.6 Å². The molecule has 0 spiro atoms. The van der Waals surface area contributed by atoms with Crippen molar-refractivity contribution >= 4 is 11.6 Å². The number of halogens is 1. The Bertz CT molecular complexity index is 171. The van der Waals surface area contributed by atoms with Crippen LogP contribution in [0.25, 0.3) is 0 Å². The molecule has 0 radical (unpaired) electrons. The van der Waals surface area contributed by atoms with E-state index in [2.05, 4.69) is 26.5 Å². The minimum Gasteiger partial charge on any atom is -0.0958 e. The monoisotopic (exact) mass is 170 g/mol. The lowest BCUT2D eigenvalue weighted by atomic mass is 10.1. The molecule has 0 saturated heterocycles. The van der Waals surface area contributed by atoms with Gasteiger partial charge in [-0.15, -0.1) is 0 Å². The number of hydrogen-bond donors (Lipinski definition) is 0. The van der Waals surface area contributed by atoms with Crippen LogP contribution < -0.4 is 0 Å². The molecule has 0 fully saturated rings. The number of hydrogen-bond acceptors (Lipinski definition) is 0. The van der Waals surface area contributed by atoms with E-state index in [1.54, 1.807) is 0 Å². The molecular formula is C10H15Cl. The van der Waals surface area contributed by atoms with E-state index in [-0.39, 0.29) is 0 Å². The molecule has 0 atom stereocenters. The quantitative estimate of drug-likeness (QED) is 0.441. The second kappa shape index (κ2) is 6.23. The summed E-state index contributed by atoms with van der Waals surface area (Å²) in [4.78, 5) is 0. The maximum atomic E-state index is 5.38. The van der Waals surface area contributed by atoms with Gasteiger partial charge >= 0.3 is 0 Å². The van der Waals surface area contributed by atoms with E-state index in [0.29, 0.717) is 0 Å². The van der Waals surface area contributed by atoms with Crippen molar-refractivity contribution in [1.82, 2.24) is 0 Å². The molecule has 0 amide bonds. The van der Waals surface area contributed by atoms with Gasteiger partial charge in [0.15, 0.2) is 0 Å². The van der Waals surface area contributed by atoms with Crippen molar-refractivity contribution in [3.8, 4) is 0 Å². The molecule has 0 aromatic carbocycles. The molecule has 0 N–H and O–H groups in total. The summed E-state index contributed by atoms with van der Waals surface area (Å²) in [5, 5.41) is 0. The van der Waals surface area contributed by atoms with Crippen LogP contribution in [0, 0.1) is 0 Å². The van der Waals surface area contributed by atoms with Crippen molar-refractivity contribution in [2.24, 2.45) is 0 Å². The molecule has 0 aliphatic carbocycles. The zero-order valence-electron chi connectivity index (χ0n) is 7.23. The Balaban J connectivity index is 3.55. The first-order chi connectivity index (χ1) is 5.16. The fourth-order valence-corrected chi connectivity index (χ4v) is 0.897. The van der Waals surface area contributed by atoms with E-state index in [1.807, 2.05) is 6.08 Å². The highest BCUT2D eigenvalue weighted by Gasteiger charge is 1.86. The van der Waals surface area contributed by atoms with Gasteiger partial charge in [0, 0.05) is 5.54 Å². The van der Waals surface area contributed by atoms with Crippen LogP contribution >= 0.6 is 11.6 Å². The topological polar surface area (TPSA) is 0 Å². The Labute approximate surface area is 74.3 Å². The first-order valence-electron chi connectivity index (χ1n) is 3.74. The van der Waals surface area contributed by atoms with Gasteiger partial charge in [0.05, 0.1) is 0 Å². The van der Waals surface area contributed by atoms with Gasteiger partial charge in [-0.2, -0.15) is 0 Å². The van der Waals surface area contributed by atoms with E-state index in [9.17, 15) is 0 Å². The summed E-state index contributed by atoms with van der Waals surface area (Å²) in [5.74, 6) is 0. The maximum Gasteiger partial charge on any atom is 0.00449 e. The van der Waals surface area contributed by atoms with Crippen molar-refractivity contribution in [1.29, 1.82) is 0 Å². The average Bonchev–Trinajstić information content (AvgIpc) is 1.87. The smallest absolute Gasteiger partial charge is 0.00449 e. The predicted molar refractivity (Wildman–Crippen MR) is 52.8 cm³/mol. The van der Waals surface area contributed by atoms with Crippen LogP contribution in [0.1, 0.15) is 26.7 Å². The van der Waals surface area contributed by atoms with Gasteiger partial charge in [0.1, 0.15) is 0 Å². The summed E-state index contributed by atoms with van der Waals surface area (Å²) in [6, 6.07) is 0. The third kappa shape index (κ3) is 7.41. The molecule has 0 heterocycles. The van der Waals surface area contributed by atoms with Crippen LogP contribution in [0.15, 0.2) is 35.4 Å². The summed E-state index contributed by atoms with van der Waals surface area (Å²) in [6.07, 6.45) is 6.09. The van der Waals surface area contributed by atoms with Crippen LogP contribution in [-0.2, 0) is 0 Å². The fraction of sp³-hybridized carbons (Fsp3) is 0.400. The zero-order chi connectivity index (χ0) is 8.69. The highest BCUT2D eigenvalue weighted by atomic mass is 35.5. The first kappa shape index (κ1) is 10.5. The molecule has 1 heteroatoms. The van der Waals surface area contributed by atoms with Gasteiger partial charge < -0.3 is 0 Å². The van der Waals surface area contributed by atoms with Crippen LogP contribution in [0.5, 0.6) is 0 Å². The first-order valence-corrected chi connectivity index (χ1v) is 4.18. The Kier molecular flexibility index (Phi) is 5.96. The van der Waals surface area contributed by atoms with Crippen LogP contribution in [-0.4, -0.2) is 0 Å². The second-order valence-electron chi connectivity index (χ2n) is 2.77. The highest BCUT2D eigenvalue weighted by Crippen LogP contribution is 2.06. The van der Waals surface area contributed by atoms with E-state index < -0.39 is 0 Å². The minimum absolute atomic E-state index is 0.994. The molecule has 0 aliphatic heterocycles. The largest absolute Gasteiger partial charge is 0.0958 e. The molecule has 62 valence electrons. The molecule has 0 unspecified atom stereocenters. The van der Waals surface area contributed by atoms with Gasteiger partial charge in [-0.25, -0.2) is 0 Å². The maximum absolute atomic E-state index is 5.38. The van der Waals surface area contributed by atoms with Crippen LogP contribution in [0.4, 0.5) is 0 Å². The molecule has 0 aromatic heterocycles. The molecule has 11 heavy (non-hydrogen) atoms. The van der Waals surface area contributed by atoms with Crippen molar-refractivity contribution in [3.05, 3.63) is 35.4 Å². The van der Waals surface area contributed by atoms with Crippen molar-refractivity contribution in [2.45, 2.75) is 26.7 Å². The highest BCUT2D eigenvalue weighted by molar-refractivity contribution is 6.25. The number of allylic oxidation sites excluding steroid dienone is 4. The molecule has 0 aliphatic rings. The van der Waals surface area contributed by atoms with Gasteiger partial charge in [-0.05, 0) is 32.8 Å². The SMILES string of the molecule is C=C(/C=C/Cl)CCC=C(C)C. The van der Waals surface area contributed by atoms with Crippen LogP contribution in [0.2, 0.25) is 0 Å². The lowest BCUT2D eigenvalue weighted by Crippen LogP contribution is -1.74. The number of rotatable bonds is 4. The lowest BCUT2D eigenvalue weighted by Gasteiger charge is -1.95. The normalized spacial score (nSPS) is 10.1. The van der Waals surface area contributed by atoms with E-state index in [1.165, 1.54) is 11.1 Å². The van der Waals surface area contributed by atoms with E-state index >= 15 is 0 Å². The molecule has 0 bridgehead atoms. The summed E-state index contributed by atoms with van der Waals surface area (Å²) < 4.78 is 0. The van der Waals surface area contributed by atoms with E-state index in [0.717, 1.165) is 18.4 Å². The standard InChI is InChI=1S/C10H15Cl/c1-9(2)5-4-6-10(3)7-8-11/h5,7-8H,3-4,6H2,1-2H3/b8-7+. The summed E-state index contributed by atoms with van der Waals surface area (Å²) >= 11 is 5.38. The summed E-state index contributed by atoms with van der Waals surface area (Å²) in [7, 11) is 0. The molecule has 0 rings (SSSR count). The Morgan fingerprint density at radius 2 is 2.09 bits per heavy atom. The van der Waals surface area contributed by atoms with Crippen molar-refractivity contribution < 1.29 is 0 Å². The van der Waals surface area contributed by atoms with Gasteiger partial charge in [-0.3, -0.25) is 0 Å². The zero-order valence-corrected chi connectivity index (χ0v) is 7.99. The Hall–Kier alpha value is -0.490. The van der Waals surface area contributed by atoms with Gasteiger partial charge in [0.2, 0.25) is 0 Å². The molecule has 0 saturated carbocycles. The average molecular weight is 171 g/mol. The molecule has 0 nitrogen and oxygen atoms in total. The molecule has 0 aromatic rings. The minimum atomic E-state index is 0.994. The molecular weight excluding hydrogens is 156 g/mol. The predicted octanol–water partition coefficient (Wildman–Crippen LogP) is 4.04. The third-order valence-corrected chi connectivity index (χ3v) is 1.44. The third-order valence-electron chi connectivity index (χ3n) is 1.32. The fourth-order valence-electron chi connectivity index (χ4n) is 0.719. The Morgan fingerprint density at radius 1 is 1.45 bits per heavy atom. The summed E-state index contributed by atoms with van der Waals surface area (Å²) in [5.41, 5.74) is 3.94. The van der Waals surface area contributed by atoms with Gasteiger partial charge in [-0.1, -0.05) is 35.4 Å². The van der Waals surface area contributed by atoms with Gasteiger partial charge in [0.25, 0.3) is 0 Å². The van der Waals surface area contributed by atoms with Crippen molar-refractivity contribution in [3.63, 3.8) is 0 Å². The van der Waals surface area contributed by atoms with Crippen molar-refractivity contribution in [2.75, 3.05) is 0 Å². The summed E-state index contributed by atoms with van der Waals surface area (Å²) in [6.45, 7) is 8.04. The van der Waals surface area contributed by atoms with Crippen LogP contribution in [0.3, 0.4) is 0 Å². The second-order valence-corrected chi connectivity index (χ2v) is 3.02.